The van der Waals surface area contributed by atoms with Crippen LogP contribution in [0.3, 0.4) is 0 Å². The monoisotopic (exact) mass is 306 g/mol. The molecule has 0 saturated heterocycles. The summed E-state index contributed by atoms with van der Waals surface area (Å²) in [7, 11) is 3.11. The number of aryl methyl sites for hydroxylation is 1. The second-order valence-corrected chi connectivity index (χ2v) is 5.49. The van der Waals surface area contributed by atoms with E-state index in [2.05, 4.69) is 10.3 Å². The molecule has 0 aliphatic rings. The maximum absolute atomic E-state index is 12.2. The lowest BCUT2D eigenvalue weighted by Crippen LogP contribution is -2.26. The Morgan fingerprint density at radius 3 is 2.76 bits per heavy atom. The van der Waals surface area contributed by atoms with E-state index in [1.807, 2.05) is 12.3 Å². The number of carbonyl (C=O) groups is 1. The highest BCUT2D eigenvalue weighted by Crippen LogP contribution is 2.24. The van der Waals surface area contributed by atoms with Crippen LogP contribution < -0.4 is 14.8 Å². The predicted molar refractivity (Wildman–Crippen MR) is 82.4 cm³/mol. The lowest BCUT2D eigenvalue weighted by atomic mass is 10.1. The second-order valence-electron chi connectivity index (χ2n) is 4.43. The normalized spacial score (nSPS) is 10.2. The van der Waals surface area contributed by atoms with Crippen LogP contribution in [0.5, 0.6) is 11.5 Å². The van der Waals surface area contributed by atoms with Crippen LogP contribution in [-0.4, -0.2) is 31.7 Å². The minimum atomic E-state index is -0.165. The first-order valence-corrected chi connectivity index (χ1v) is 7.43. The van der Waals surface area contributed by atoms with Gasteiger partial charge in [0.25, 0.3) is 5.91 Å². The van der Waals surface area contributed by atoms with Crippen molar-refractivity contribution in [3.63, 3.8) is 0 Å². The van der Waals surface area contributed by atoms with Gasteiger partial charge < -0.3 is 14.8 Å². The fraction of sp³-hybridized carbons (Fsp3) is 0.333. The quantitative estimate of drug-likeness (QED) is 0.890. The van der Waals surface area contributed by atoms with Gasteiger partial charge in [-0.2, -0.15) is 0 Å². The first kappa shape index (κ1) is 15.3. The van der Waals surface area contributed by atoms with Crippen molar-refractivity contribution in [2.45, 2.75) is 13.3 Å². The summed E-state index contributed by atoms with van der Waals surface area (Å²) in [4.78, 5) is 16.5. The molecule has 0 spiro atoms. The van der Waals surface area contributed by atoms with Crippen molar-refractivity contribution in [1.29, 1.82) is 0 Å². The highest BCUT2D eigenvalue weighted by atomic mass is 32.1. The molecule has 0 bridgehead atoms. The van der Waals surface area contributed by atoms with Gasteiger partial charge in [0.05, 0.1) is 30.5 Å². The Labute approximate surface area is 127 Å². The molecule has 2 rings (SSSR count). The molecule has 5 nitrogen and oxygen atoms in total. The Morgan fingerprint density at radius 1 is 1.33 bits per heavy atom. The van der Waals surface area contributed by atoms with Crippen molar-refractivity contribution < 1.29 is 14.3 Å². The van der Waals surface area contributed by atoms with Gasteiger partial charge in [-0.3, -0.25) is 4.79 Å². The first-order chi connectivity index (χ1) is 10.1. The lowest BCUT2D eigenvalue weighted by Gasteiger charge is -2.10. The highest BCUT2D eigenvalue weighted by Gasteiger charge is 2.13. The maximum atomic E-state index is 12.2. The number of thiazole rings is 1. The van der Waals surface area contributed by atoms with Gasteiger partial charge in [0.15, 0.2) is 0 Å². The molecule has 1 aromatic heterocycles. The zero-order valence-corrected chi connectivity index (χ0v) is 13.1. The number of rotatable bonds is 6. The van der Waals surface area contributed by atoms with Crippen LogP contribution in [-0.2, 0) is 6.42 Å². The molecule has 6 heteroatoms. The number of ether oxygens (including phenoxy) is 2. The molecule has 0 atom stereocenters. The number of carbonyl (C=O) groups excluding carboxylic acids is 1. The van der Waals surface area contributed by atoms with Crippen molar-refractivity contribution in [3.05, 3.63) is 39.8 Å². The summed E-state index contributed by atoms with van der Waals surface area (Å²) in [6.07, 6.45) is 0.717. The minimum absolute atomic E-state index is 0.165. The average Bonchev–Trinajstić information content (AvgIpc) is 2.91. The molecule has 0 fully saturated rings. The third-order valence-corrected chi connectivity index (χ3v) is 3.81. The van der Waals surface area contributed by atoms with Gasteiger partial charge in [-0.25, -0.2) is 4.98 Å². The molecule has 0 saturated carbocycles. The smallest absolute Gasteiger partial charge is 0.255 e. The average molecular weight is 306 g/mol. The van der Waals surface area contributed by atoms with E-state index in [4.69, 9.17) is 9.47 Å². The maximum Gasteiger partial charge on any atom is 0.255 e. The van der Waals surface area contributed by atoms with Crippen molar-refractivity contribution in [1.82, 2.24) is 10.3 Å². The molecule has 0 unspecified atom stereocenters. The van der Waals surface area contributed by atoms with E-state index in [1.165, 1.54) is 7.11 Å². The molecule has 1 N–H and O–H groups in total. The summed E-state index contributed by atoms with van der Waals surface area (Å²) in [6.45, 7) is 2.51. The van der Waals surface area contributed by atoms with Crippen LogP contribution in [0.4, 0.5) is 0 Å². The number of nitrogens with one attached hydrogen (secondary N) is 1. The number of hydrogen-bond acceptors (Lipinski definition) is 5. The van der Waals surface area contributed by atoms with E-state index in [-0.39, 0.29) is 5.91 Å². The van der Waals surface area contributed by atoms with Crippen molar-refractivity contribution in [3.8, 4) is 11.5 Å². The predicted octanol–water partition coefficient (Wildman–Crippen LogP) is 2.44. The van der Waals surface area contributed by atoms with Crippen LogP contribution in [0.2, 0.25) is 0 Å². The molecule has 0 aliphatic carbocycles. The Bertz CT molecular complexity index is 625. The van der Waals surface area contributed by atoms with E-state index in [0.29, 0.717) is 30.0 Å². The SMILES string of the molecule is COc1ccc(C(=O)NCCc2csc(C)n2)c(OC)c1. The van der Waals surface area contributed by atoms with Gasteiger partial charge in [-0.05, 0) is 19.1 Å². The summed E-state index contributed by atoms with van der Waals surface area (Å²) < 4.78 is 10.3. The molecule has 21 heavy (non-hydrogen) atoms. The summed E-state index contributed by atoms with van der Waals surface area (Å²) in [5.41, 5.74) is 1.49. The fourth-order valence-corrected chi connectivity index (χ4v) is 2.56. The van der Waals surface area contributed by atoms with Gasteiger partial charge in [0, 0.05) is 24.4 Å². The van der Waals surface area contributed by atoms with Gasteiger partial charge >= 0.3 is 0 Å². The molecule has 0 aliphatic heterocycles. The molecule has 1 amide bonds. The number of nitrogens with zero attached hydrogens (tertiary/aromatic N) is 1. The Kier molecular flexibility index (Phi) is 5.16. The van der Waals surface area contributed by atoms with Gasteiger partial charge in [-0.1, -0.05) is 0 Å². The van der Waals surface area contributed by atoms with Crippen LogP contribution in [0.25, 0.3) is 0 Å². The molecule has 0 radical (unpaired) electrons. The zero-order valence-electron chi connectivity index (χ0n) is 12.3. The molecule has 2 aromatic rings. The Balaban J connectivity index is 1.96. The minimum Gasteiger partial charge on any atom is -0.497 e. The lowest BCUT2D eigenvalue weighted by molar-refractivity contribution is 0.0951. The second kappa shape index (κ2) is 7.08. The highest BCUT2D eigenvalue weighted by molar-refractivity contribution is 7.09. The number of hydrogen-bond donors (Lipinski definition) is 1. The van der Waals surface area contributed by atoms with E-state index in [0.717, 1.165) is 10.7 Å². The summed E-state index contributed by atoms with van der Waals surface area (Å²) in [6, 6.07) is 5.12. The number of benzene rings is 1. The third-order valence-electron chi connectivity index (χ3n) is 2.99. The van der Waals surface area contributed by atoms with Crippen molar-refractivity contribution in [2.24, 2.45) is 0 Å². The zero-order chi connectivity index (χ0) is 15.2. The van der Waals surface area contributed by atoms with E-state index >= 15 is 0 Å². The number of amides is 1. The number of methoxy groups -OCH3 is 2. The van der Waals surface area contributed by atoms with Crippen LogP contribution in [0.15, 0.2) is 23.6 Å². The molecule has 1 heterocycles. The van der Waals surface area contributed by atoms with Crippen LogP contribution in [0.1, 0.15) is 21.1 Å². The standard InChI is InChI=1S/C15H18N2O3S/c1-10-17-11(9-21-10)6-7-16-15(18)13-5-4-12(19-2)8-14(13)20-3/h4-5,8-9H,6-7H2,1-3H3,(H,16,18). The van der Waals surface area contributed by atoms with Crippen molar-refractivity contribution >= 4 is 17.2 Å². The topological polar surface area (TPSA) is 60.5 Å². The molecular formula is C15H18N2O3S. The molecule has 1 aromatic carbocycles. The van der Waals surface area contributed by atoms with Gasteiger partial charge in [0.1, 0.15) is 11.5 Å². The summed E-state index contributed by atoms with van der Waals surface area (Å²) in [5.74, 6) is 0.985. The fourth-order valence-electron chi connectivity index (χ4n) is 1.91. The van der Waals surface area contributed by atoms with Crippen molar-refractivity contribution in [2.75, 3.05) is 20.8 Å². The summed E-state index contributed by atoms with van der Waals surface area (Å²) >= 11 is 1.61. The molecular weight excluding hydrogens is 288 g/mol. The van der Waals surface area contributed by atoms with E-state index < -0.39 is 0 Å². The van der Waals surface area contributed by atoms with Crippen LogP contribution in [0, 0.1) is 6.92 Å². The summed E-state index contributed by atoms with van der Waals surface area (Å²) in [5, 5.41) is 5.92. The van der Waals surface area contributed by atoms with E-state index in [9.17, 15) is 4.79 Å². The molecule has 112 valence electrons. The van der Waals surface area contributed by atoms with E-state index in [1.54, 1.807) is 36.6 Å². The Hall–Kier alpha value is -2.08. The van der Waals surface area contributed by atoms with Gasteiger partial charge in [0.2, 0.25) is 0 Å². The largest absolute Gasteiger partial charge is 0.497 e. The Morgan fingerprint density at radius 2 is 2.14 bits per heavy atom. The first-order valence-electron chi connectivity index (χ1n) is 6.55. The number of aromatic nitrogens is 1. The van der Waals surface area contributed by atoms with Crippen LogP contribution >= 0.6 is 11.3 Å². The third kappa shape index (κ3) is 3.95. The van der Waals surface area contributed by atoms with Gasteiger partial charge in [-0.15, -0.1) is 11.3 Å².